The first-order valence-corrected chi connectivity index (χ1v) is 17.9. The van der Waals surface area contributed by atoms with Crippen molar-refractivity contribution >= 4 is 85.0 Å². The van der Waals surface area contributed by atoms with Crippen LogP contribution in [0.4, 0.5) is 34.1 Å². The van der Waals surface area contributed by atoms with E-state index in [-0.39, 0.29) is 6.71 Å². The van der Waals surface area contributed by atoms with E-state index in [9.17, 15) is 0 Å². The van der Waals surface area contributed by atoms with E-state index in [1.165, 1.54) is 43.9 Å². The fraction of sp³-hybridized carbons (Fsp3) is 0.0213. The van der Waals surface area contributed by atoms with Crippen molar-refractivity contribution in [2.75, 3.05) is 9.80 Å². The lowest BCUT2D eigenvalue weighted by molar-refractivity contribution is 1.13. The van der Waals surface area contributed by atoms with Crippen LogP contribution < -0.4 is 20.7 Å². The van der Waals surface area contributed by atoms with Gasteiger partial charge in [0.2, 0.25) is 0 Å². The van der Waals surface area contributed by atoms with Gasteiger partial charge in [-0.15, -0.1) is 0 Å². The van der Waals surface area contributed by atoms with Gasteiger partial charge in [-0.05, 0) is 102 Å². The molecule has 0 aliphatic carbocycles. The normalized spacial score (nSPS) is 13.9. The number of allylic oxidation sites excluding steroid dienone is 5. The van der Waals surface area contributed by atoms with Crippen LogP contribution in [0.3, 0.4) is 0 Å². The molecule has 246 valence electrons. The monoisotopic (exact) mass is 666 g/mol. The zero-order chi connectivity index (χ0) is 34.8. The molecule has 2 aliphatic heterocycles. The third kappa shape index (κ3) is 4.36. The number of benzene rings is 6. The molecule has 6 aromatic carbocycles. The van der Waals surface area contributed by atoms with Crippen molar-refractivity contribution in [1.82, 2.24) is 9.13 Å². The van der Waals surface area contributed by atoms with E-state index in [1.807, 2.05) is 6.08 Å². The Morgan fingerprint density at radius 1 is 0.500 bits per heavy atom. The van der Waals surface area contributed by atoms with Gasteiger partial charge in [-0.3, -0.25) is 0 Å². The highest BCUT2D eigenvalue weighted by molar-refractivity contribution is 6.97. The maximum atomic E-state index is 4.40. The Kier molecular flexibility index (Phi) is 6.93. The molecule has 4 nitrogen and oxygen atoms in total. The number of hydrogen-bond donors (Lipinski definition) is 0. The number of aromatic nitrogens is 2. The molecule has 0 fully saturated rings. The van der Waals surface area contributed by atoms with Gasteiger partial charge in [0.1, 0.15) is 0 Å². The van der Waals surface area contributed by atoms with Crippen molar-refractivity contribution < 1.29 is 0 Å². The van der Waals surface area contributed by atoms with Crippen molar-refractivity contribution in [1.29, 1.82) is 0 Å². The Balaban J connectivity index is 1.22. The molecule has 8 aromatic rings. The minimum absolute atomic E-state index is 0.0286. The fourth-order valence-electron chi connectivity index (χ4n) is 8.63. The number of para-hydroxylation sites is 4. The molecule has 0 radical (unpaired) electrons. The van der Waals surface area contributed by atoms with E-state index < -0.39 is 0 Å². The topological polar surface area (TPSA) is 16.3 Å². The maximum absolute atomic E-state index is 4.40. The molecule has 0 saturated heterocycles. The van der Waals surface area contributed by atoms with Crippen LogP contribution >= 0.6 is 0 Å². The van der Waals surface area contributed by atoms with Crippen molar-refractivity contribution in [2.24, 2.45) is 0 Å². The Hall–Kier alpha value is -6.72. The number of nitrogens with zero attached hydrogens (tertiary/aromatic N) is 4. The molecule has 5 heteroatoms. The third-order valence-corrected chi connectivity index (χ3v) is 10.7. The van der Waals surface area contributed by atoms with Gasteiger partial charge < -0.3 is 18.9 Å². The number of rotatable bonds is 7. The second-order valence-electron chi connectivity index (χ2n) is 13.4. The second kappa shape index (κ2) is 12.0. The van der Waals surface area contributed by atoms with Gasteiger partial charge in [0, 0.05) is 57.3 Å². The summed E-state index contributed by atoms with van der Waals surface area (Å²) in [5.41, 5.74) is 15.5. The van der Waals surface area contributed by atoms with Crippen molar-refractivity contribution in [3.8, 4) is 0 Å². The molecule has 10 rings (SSSR count). The summed E-state index contributed by atoms with van der Waals surface area (Å²) >= 11 is 0. The van der Waals surface area contributed by atoms with E-state index in [0.29, 0.717) is 0 Å². The van der Waals surface area contributed by atoms with Crippen LogP contribution in [0.25, 0.3) is 33.2 Å². The van der Waals surface area contributed by atoms with E-state index in [4.69, 9.17) is 0 Å². The number of hydrogen-bond acceptors (Lipinski definition) is 2. The van der Waals surface area contributed by atoms with Crippen LogP contribution in [0, 0.1) is 0 Å². The Bertz CT molecular complexity index is 2630. The Labute approximate surface area is 304 Å². The van der Waals surface area contributed by atoms with Crippen LogP contribution in [0.15, 0.2) is 194 Å². The first-order valence-electron chi connectivity index (χ1n) is 17.9. The first-order chi connectivity index (χ1) is 25.8. The summed E-state index contributed by atoms with van der Waals surface area (Å²) in [5.74, 6) is 0. The molecule has 0 saturated carbocycles. The van der Waals surface area contributed by atoms with Crippen LogP contribution in [0.2, 0.25) is 0 Å². The van der Waals surface area contributed by atoms with Gasteiger partial charge in [-0.1, -0.05) is 97.6 Å². The van der Waals surface area contributed by atoms with E-state index in [2.05, 4.69) is 209 Å². The molecule has 0 atom stereocenters. The van der Waals surface area contributed by atoms with Gasteiger partial charge >= 0.3 is 0 Å². The van der Waals surface area contributed by atoms with Crippen molar-refractivity contribution in [2.45, 2.75) is 6.92 Å². The van der Waals surface area contributed by atoms with E-state index in [1.54, 1.807) is 0 Å². The molecule has 0 N–H and O–H groups in total. The number of fused-ring (bicyclic) bond motifs is 3. The average molecular weight is 667 g/mol. The molecule has 4 heterocycles. The molecular weight excluding hydrogens is 631 g/mol. The molecule has 0 bridgehead atoms. The molecule has 2 aliphatic rings. The standard InChI is InChI=1S/C47H35BN4/c1-3-41-45-42(4-2)50-32-30-38-44(52(35-21-13-7-14-22-35)36-23-15-8-16-24-36)28-26-40(47(38)50)48(45)39-25-27-43(37-29-31-49(41)46(37)39)51(33-17-9-5-10-18-33)34-19-11-6-12-20-34/h3-32H,1H2,2H3/b42-4+. The van der Waals surface area contributed by atoms with Crippen molar-refractivity contribution in [3.05, 3.63) is 194 Å². The zero-order valence-corrected chi connectivity index (χ0v) is 28.9. The quantitative estimate of drug-likeness (QED) is 0.157. The summed E-state index contributed by atoms with van der Waals surface area (Å²) in [4.78, 5) is 4.74. The predicted octanol–water partition coefficient (Wildman–Crippen LogP) is 11.0. The average Bonchev–Trinajstić information content (AvgIpc) is 3.86. The smallest absolute Gasteiger partial charge is 0.252 e. The molecular formula is C47H35BN4. The van der Waals surface area contributed by atoms with Crippen LogP contribution in [0.5, 0.6) is 0 Å². The highest BCUT2D eigenvalue weighted by atomic mass is 15.2. The van der Waals surface area contributed by atoms with Crippen LogP contribution in [-0.4, -0.2) is 15.8 Å². The van der Waals surface area contributed by atoms with Gasteiger partial charge in [-0.25, -0.2) is 0 Å². The number of anilines is 6. The zero-order valence-electron chi connectivity index (χ0n) is 28.9. The molecule has 0 spiro atoms. The van der Waals surface area contributed by atoms with Crippen molar-refractivity contribution in [3.63, 3.8) is 0 Å². The Morgan fingerprint density at radius 2 is 0.904 bits per heavy atom. The maximum Gasteiger partial charge on any atom is 0.252 e. The van der Waals surface area contributed by atoms with E-state index >= 15 is 0 Å². The first kappa shape index (κ1) is 30.1. The van der Waals surface area contributed by atoms with Gasteiger partial charge in [0.15, 0.2) is 0 Å². The van der Waals surface area contributed by atoms with Gasteiger partial charge in [0.25, 0.3) is 6.71 Å². The second-order valence-corrected chi connectivity index (χ2v) is 13.4. The lowest BCUT2D eigenvalue weighted by Gasteiger charge is -2.36. The van der Waals surface area contributed by atoms with Crippen LogP contribution in [0.1, 0.15) is 6.92 Å². The Morgan fingerprint density at radius 3 is 1.31 bits per heavy atom. The summed E-state index contributed by atoms with van der Waals surface area (Å²) in [5, 5.41) is 2.43. The highest BCUT2D eigenvalue weighted by Gasteiger charge is 2.41. The predicted molar refractivity (Wildman–Crippen MR) is 222 cm³/mol. The largest absolute Gasteiger partial charge is 0.318 e. The molecule has 52 heavy (non-hydrogen) atoms. The summed E-state index contributed by atoms with van der Waals surface area (Å²) in [6, 6.07) is 56.6. The summed E-state index contributed by atoms with van der Waals surface area (Å²) in [6.07, 6.45) is 8.77. The molecule has 0 unspecified atom stereocenters. The van der Waals surface area contributed by atoms with Crippen LogP contribution in [-0.2, 0) is 0 Å². The molecule has 2 aromatic heterocycles. The summed E-state index contributed by atoms with van der Waals surface area (Å²) in [7, 11) is 0. The lowest BCUT2D eigenvalue weighted by atomic mass is 9.33. The summed E-state index contributed by atoms with van der Waals surface area (Å²) in [6.45, 7) is 6.59. The van der Waals surface area contributed by atoms with Gasteiger partial charge in [-0.2, -0.15) is 0 Å². The fourth-order valence-corrected chi connectivity index (χ4v) is 8.63. The molecule has 0 amide bonds. The SMILES string of the molecule is C=CC1=C2B(c3ccc(N(c4ccccc4)c4ccccc4)c4ccn1c34)c1ccc(N(c3ccccc3)c3ccccc3)c3ccn(c13)/C2=C/C. The van der Waals surface area contributed by atoms with Gasteiger partial charge in [0.05, 0.1) is 22.4 Å². The van der Waals surface area contributed by atoms with E-state index in [0.717, 1.165) is 39.8 Å². The lowest BCUT2D eigenvalue weighted by Crippen LogP contribution is -2.51. The minimum Gasteiger partial charge on any atom is -0.318 e. The highest BCUT2D eigenvalue weighted by Crippen LogP contribution is 2.45. The summed E-state index contributed by atoms with van der Waals surface area (Å²) < 4.78 is 4.75. The minimum atomic E-state index is 0.0286. The third-order valence-electron chi connectivity index (χ3n) is 10.7.